The first-order valence-electron chi connectivity index (χ1n) is 2.45. The number of rotatable bonds is 5. The van der Waals surface area contributed by atoms with Crippen molar-refractivity contribution in [2.45, 2.75) is 0 Å². The van der Waals surface area contributed by atoms with Crippen molar-refractivity contribution < 1.29 is 10.0 Å². The van der Waals surface area contributed by atoms with Gasteiger partial charge in [0.05, 0.1) is 6.54 Å². The molecule has 0 aromatic carbocycles. The highest BCUT2D eigenvalue weighted by Gasteiger charge is 2.01. The van der Waals surface area contributed by atoms with Crippen LogP contribution in [0.1, 0.15) is 0 Å². The van der Waals surface area contributed by atoms with Crippen molar-refractivity contribution in [3.05, 3.63) is 10.1 Å². The first-order chi connectivity index (χ1) is 4.66. The SMILES string of the molecule is NNCCN(N)O[N+](=O)[O-]. The lowest BCUT2D eigenvalue weighted by Gasteiger charge is -2.10. The molecule has 0 atom stereocenters. The molecule has 0 unspecified atom stereocenters. The van der Waals surface area contributed by atoms with E-state index in [1.54, 1.807) is 0 Å². The Morgan fingerprint density at radius 3 is 2.80 bits per heavy atom. The summed E-state index contributed by atoms with van der Waals surface area (Å²) in [7, 11) is 0. The molecule has 0 aromatic heterocycles. The van der Waals surface area contributed by atoms with Gasteiger partial charge in [-0.2, -0.15) is 0 Å². The lowest BCUT2D eigenvalue weighted by molar-refractivity contribution is -0.811. The van der Waals surface area contributed by atoms with E-state index in [0.717, 1.165) is 0 Å². The Morgan fingerprint density at radius 1 is 1.80 bits per heavy atom. The summed E-state index contributed by atoms with van der Waals surface area (Å²) in [6, 6.07) is 0. The Hall–Kier alpha value is -0.960. The predicted octanol–water partition coefficient (Wildman–Crippen LogP) is -2.25. The molecular formula is C2H9N5O3. The van der Waals surface area contributed by atoms with Crippen LogP contribution in [0.3, 0.4) is 0 Å². The van der Waals surface area contributed by atoms with Crippen molar-refractivity contribution in [1.82, 2.24) is 10.6 Å². The van der Waals surface area contributed by atoms with Crippen LogP contribution < -0.4 is 17.1 Å². The molecule has 0 rings (SSSR count). The van der Waals surface area contributed by atoms with E-state index in [0.29, 0.717) is 11.7 Å². The van der Waals surface area contributed by atoms with Gasteiger partial charge in [0.25, 0.3) is 0 Å². The van der Waals surface area contributed by atoms with Crippen molar-refractivity contribution in [1.29, 1.82) is 0 Å². The van der Waals surface area contributed by atoms with E-state index in [1.165, 1.54) is 0 Å². The van der Waals surface area contributed by atoms with E-state index in [-0.39, 0.29) is 6.54 Å². The van der Waals surface area contributed by atoms with Gasteiger partial charge in [-0.1, -0.05) is 5.17 Å². The summed E-state index contributed by atoms with van der Waals surface area (Å²) in [6.45, 7) is 0.446. The zero-order chi connectivity index (χ0) is 7.98. The second-order valence-electron chi connectivity index (χ2n) is 1.40. The van der Waals surface area contributed by atoms with Gasteiger partial charge in [0.2, 0.25) is 0 Å². The lowest BCUT2D eigenvalue weighted by atomic mass is 10.7. The maximum Gasteiger partial charge on any atom is 0.313 e. The topological polar surface area (TPSA) is 120 Å². The van der Waals surface area contributed by atoms with E-state index < -0.39 is 5.09 Å². The van der Waals surface area contributed by atoms with E-state index >= 15 is 0 Å². The number of hydrogen-bond donors (Lipinski definition) is 3. The normalized spacial score (nSPS) is 9.90. The zero-order valence-electron chi connectivity index (χ0n) is 5.19. The fourth-order valence-corrected chi connectivity index (χ4v) is 0.301. The van der Waals surface area contributed by atoms with Gasteiger partial charge in [-0.3, -0.25) is 11.3 Å². The van der Waals surface area contributed by atoms with Gasteiger partial charge in [-0.25, -0.2) is 10.8 Å². The van der Waals surface area contributed by atoms with E-state index in [1.807, 2.05) is 0 Å². The molecule has 8 nitrogen and oxygen atoms in total. The minimum atomic E-state index is -1.00. The van der Waals surface area contributed by atoms with Gasteiger partial charge < -0.3 is 0 Å². The molecule has 0 aliphatic rings. The van der Waals surface area contributed by atoms with Crippen molar-refractivity contribution >= 4 is 0 Å². The molecule has 0 saturated heterocycles. The van der Waals surface area contributed by atoms with Crippen molar-refractivity contribution in [2.24, 2.45) is 11.7 Å². The van der Waals surface area contributed by atoms with Gasteiger partial charge in [0.1, 0.15) is 0 Å². The third-order valence-electron chi connectivity index (χ3n) is 0.648. The first kappa shape index (κ1) is 9.04. The maximum atomic E-state index is 9.58. The molecule has 60 valence electrons. The predicted molar refractivity (Wildman–Crippen MR) is 31.2 cm³/mol. The molecule has 0 amide bonds. The number of nitrogens with zero attached hydrogens (tertiary/aromatic N) is 2. The fourth-order valence-electron chi connectivity index (χ4n) is 0.301. The molecule has 10 heavy (non-hydrogen) atoms. The summed E-state index contributed by atoms with van der Waals surface area (Å²) in [5.41, 5.74) is 2.25. The largest absolute Gasteiger partial charge is 0.313 e. The average molecular weight is 151 g/mol. The maximum absolute atomic E-state index is 9.58. The van der Waals surface area contributed by atoms with Crippen LogP contribution in [0.4, 0.5) is 0 Å². The Bertz CT molecular complexity index is 107. The Morgan fingerprint density at radius 2 is 2.40 bits per heavy atom. The second-order valence-corrected chi connectivity index (χ2v) is 1.40. The quantitative estimate of drug-likeness (QED) is 0.230. The van der Waals surface area contributed by atoms with Crippen LogP contribution in [0, 0.1) is 10.1 Å². The van der Waals surface area contributed by atoms with Gasteiger partial charge in [-0.15, -0.1) is 10.1 Å². The molecule has 0 aliphatic carbocycles. The molecule has 0 heterocycles. The van der Waals surface area contributed by atoms with Gasteiger partial charge in [-0.05, 0) is 0 Å². The molecule has 0 radical (unpaired) electrons. The fraction of sp³-hybridized carbons (Fsp3) is 1.00. The Labute approximate surface area is 56.7 Å². The molecule has 0 saturated carbocycles. The smallest absolute Gasteiger partial charge is 0.271 e. The van der Waals surface area contributed by atoms with Crippen LogP contribution >= 0.6 is 0 Å². The summed E-state index contributed by atoms with van der Waals surface area (Å²) in [6.07, 6.45) is 0. The lowest BCUT2D eigenvalue weighted by Crippen LogP contribution is -2.40. The molecule has 0 fully saturated rings. The summed E-state index contributed by atoms with van der Waals surface area (Å²) >= 11 is 0. The van der Waals surface area contributed by atoms with Crippen LogP contribution in [-0.4, -0.2) is 23.3 Å². The second kappa shape index (κ2) is 4.88. The standard InChI is InChI=1S/C2H9N5O3/c3-5-1-2-6(4)10-7(8)9/h5H,1-4H2. The number of nitrogens with one attached hydrogen (secondary N) is 1. The monoisotopic (exact) mass is 151 g/mol. The molecular weight excluding hydrogens is 142 g/mol. The number of hydrazine groups is 2. The first-order valence-corrected chi connectivity index (χ1v) is 2.45. The minimum Gasteiger partial charge on any atom is -0.271 e. The van der Waals surface area contributed by atoms with E-state index in [2.05, 4.69) is 10.4 Å². The average Bonchev–Trinajstić information content (AvgIpc) is 1.82. The van der Waals surface area contributed by atoms with Crippen LogP contribution in [0.25, 0.3) is 0 Å². The third-order valence-corrected chi connectivity index (χ3v) is 0.648. The molecule has 8 heteroatoms. The summed E-state index contributed by atoms with van der Waals surface area (Å²) in [5, 5.41) is 9.15. The molecule has 0 spiro atoms. The zero-order valence-corrected chi connectivity index (χ0v) is 5.19. The van der Waals surface area contributed by atoms with E-state index in [9.17, 15) is 10.1 Å². The van der Waals surface area contributed by atoms with Crippen molar-refractivity contribution in [3.8, 4) is 0 Å². The van der Waals surface area contributed by atoms with Crippen LogP contribution in [0.5, 0.6) is 0 Å². The number of hydroxylamine groups is 1. The summed E-state index contributed by atoms with van der Waals surface area (Å²) < 4.78 is 0. The van der Waals surface area contributed by atoms with Crippen LogP contribution in [0.2, 0.25) is 0 Å². The molecule has 0 aliphatic heterocycles. The van der Waals surface area contributed by atoms with Crippen LogP contribution in [-0.2, 0) is 4.94 Å². The highest BCUT2D eigenvalue weighted by molar-refractivity contribution is 4.35. The Kier molecular flexibility index (Phi) is 4.41. The third kappa shape index (κ3) is 5.18. The molecule has 5 N–H and O–H groups in total. The van der Waals surface area contributed by atoms with Gasteiger partial charge >= 0.3 is 5.09 Å². The summed E-state index contributed by atoms with van der Waals surface area (Å²) in [4.78, 5) is 13.4. The highest BCUT2D eigenvalue weighted by Crippen LogP contribution is 1.77. The molecule has 0 bridgehead atoms. The van der Waals surface area contributed by atoms with Gasteiger partial charge in [0.15, 0.2) is 0 Å². The summed E-state index contributed by atoms with van der Waals surface area (Å²) in [5.74, 6) is 9.78. The highest BCUT2D eigenvalue weighted by atomic mass is 17.0. The number of nitrogens with two attached hydrogens (primary N) is 2. The van der Waals surface area contributed by atoms with E-state index in [4.69, 9.17) is 11.7 Å². The molecule has 0 aromatic rings. The van der Waals surface area contributed by atoms with Crippen molar-refractivity contribution in [2.75, 3.05) is 13.1 Å². The van der Waals surface area contributed by atoms with Crippen LogP contribution in [0.15, 0.2) is 0 Å². The van der Waals surface area contributed by atoms with Crippen molar-refractivity contribution in [3.63, 3.8) is 0 Å². The van der Waals surface area contributed by atoms with Gasteiger partial charge in [0, 0.05) is 6.54 Å². The Balaban J connectivity index is 3.25. The number of hydrogen-bond acceptors (Lipinski definition) is 7. The minimum absolute atomic E-state index is 0.136.